The Morgan fingerprint density at radius 3 is 2.53 bits per heavy atom. The molecule has 4 heteroatoms. The number of halogens is 1. The monoisotopic (exact) mass is 318 g/mol. The van der Waals surface area contributed by atoms with Crippen molar-refractivity contribution >= 4 is 27.3 Å². The van der Waals surface area contributed by atoms with Crippen molar-refractivity contribution in [3.8, 4) is 0 Å². The smallest absolute Gasteiger partial charge is 0.0567 e. The van der Waals surface area contributed by atoms with Crippen molar-refractivity contribution in [1.29, 1.82) is 0 Å². The maximum absolute atomic E-state index is 5.68. The highest BCUT2D eigenvalue weighted by Crippen LogP contribution is 2.35. The van der Waals surface area contributed by atoms with Crippen molar-refractivity contribution in [3.63, 3.8) is 0 Å². The SMILES string of the molecule is CC(CC(NN)c1sccc1Br)CC(C)(C)C. The van der Waals surface area contributed by atoms with Crippen LogP contribution in [0.1, 0.15) is 51.5 Å². The Morgan fingerprint density at radius 1 is 1.47 bits per heavy atom. The first-order chi connectivity index (χ1) is 7.83. The standard InChI is InChI=1S/C13H23BrN2S/c1-9(8-13(2,3)4)7-11(16-15)12-10(14)5-6-17-12/h5-6,9,11,16H,7-8,15H2,1-4H3. The van der Waals surface area contributed by atoms with Crippen molar-refractivity contribution < 1.29 is 0 Å². The summed E-state index contributed by atoms with van der Waals surface area (Å²) in [5.41, 5.74) is 3.32. The van der Waals surface area contributed by atoms with E-state index in [1.165, 1.54) is 11.3 Å². The minimum absolute atomic E-state index is 0.252. The van der Waals surface area contributed by atoms with Crippen molar-refractivity contribution in [2.24, 2.45) is 17.2 Å². The largest absolute Gasteiger partial charge is 0.271 e. The fourth-order valence-electron chi connectivity index (χ4n) is 2.34. The van der Waals surface area contributed by atoms with Crippen LogP contribution in [0.4, 0.5) is 0 Å². The highest BCUT2D eigenvalue weighted by atomic mass is 79.9. The Hall–Kier alpha value is 0.100. The number of hydrazine groups is 1. The summed E-state index contributed by atoms with van der Waals surface area (Å²) in [6.45, 7) is 9.16. The van der Waals surface area contributed by atoms with Gasteiger partial charge in [-0.05, 0) is 51.6 Å². The summed E-state index contributed by atoms with van der Waals surface area (Å²) < 4.78 is 1.16. The van der Waals surface area contributed by atoms with Crippen LogP contribution in [0.25, 0.3) is 0 Å². The third-order valence-electron chi connectivity index (χ3n) is 2.76. The second kappa shape index (κ2) is 6.32. The van der Waals surface area contributed by atoms with Gasteiger partial charge in [-0.15, -0.1) is 11.3 Å². The molecule has 0 fully saturated rings. The van der Waals surface area contributed by atoms with Gasteiger partial charge in [-0.1, -0.05) is 27.7 Å². The second-order valence-corrected chi connectivity index (χ2v) is 7.76. The van der Waals surface area contributed by atoms with E-state index in [0.29, 0.717) is 11.3 Å². The summed E-state index contributed by atoms with van der Waals surface area (Å²) in [5, 5.41) is 2.10. The molecule has 98 valence electrons. The zero-order valence-electron chi connectivity index (χ0n) is 11.1. The minimum Gasteiger partial charge on any atom is -0.271 e. The summed E-state index contributed by atoms with van der Waals surface area (Å²) in [4.78, 5) is 1.30. The molecule has 0 saturated carbocycles. The summed E-state index contributed by atoms with van der Waals surface area (Å²) in [5.74, 6) is 6.34. The number of thiophene rings is 1. The third-order valence-corrected chi connectivity index (χ3v) is 4.75. The van der Waals surface area contributed by atoms with Gasteiger partial charge >= 0.3 is 0 Å². The highest BCUT2D eigenvalue weighted by molar-refractivity contribution is 9.10. The number of rotatable bonds is 5. The van der Waals surface area contributed by atoms with Gasteiger partial charge in [-0.3, -0.25) is 11.3 Å². The van der Waals surface area contributed by atoms with E-state index in [0.717, 1.165) is 10.9 Å². The Morgan fingerprint density at radius 2 is 2.12 bits per heavy atom. The summed E-state index contributed by atoms with van der Waals surface area (Å²) >= 11 is 5.33. The molecule has 2 atom stereocenters. The molecule has 0 saturated heterocycles. The van der Waals surface area contributed by atoms with Crippen LogP contribution in [-0.4, -0.2) is 0 Å². The van der Waals surface area contributed by atoms with Crippen molar-refractivity contribution in [3.05, 3.63) is 20.8 Å². The zero-order valence-corrected chi connectivity index (χ0v) is 13.5. The van der Waals surface area contributed by atoms with Crippen LogP contribution in [-0.2, 0) is 0 Å². The molecule has 1 heterocycles. The Kier molecular flexibility index (Phi) is 5.64. The third kappa shape index (κ3) is 5.08. The van der Waals surface area contributed by atoms with Gasteiger partial charge in [0.15, 0.2) is 0 Å². The van der Waals surface area contributed by atoms with E-state index in [1.54, 1.807) is 11.3 Å². The number of hydrogen-bond acceptors (Lipinski definition) is 3. The van der Waals surface area contributed by atoms with Crippen LogP contribution in [0.15, 0.2) is 15.9 Å². The van der Waals surface area contributed by atoms with E-state index >= 15 is 0 Å². The Bertz CT molecular complexity index is 343. The summed E-state index contributed by atoms with van der Waals surface area (Å²) in [7, 11) is 0. The molecule has 0 aliphatic rings. The van der Waals surface area contributed by atoms with E-state index in [1.807, 2.05) is 0 Å². The molecular weight excluding hydrogens is 296 g/mol. The van der Waals surface area contributed by atoms with Crippen molar-refractivity contribution in [2.75, 3.05) is 0 Å². The van der Waals surface area contributed by atoms with Gasteiger partial charge in [-0.25, -0.2) is 0 Å². The molecular formula is C13H23BrN2S. The van der Waals surface area contributed by atoms with Crippen LogP contribution in [0.3, 0.4) is 0 Å². The molecule has 1 aromatic rings. The van der Waals surface area contributed by atoms with E-state index < -0.39 is 0 Å². The number of nitrogens with one attached hydrogen (secondary N) is 1. The van der Waals surface area contributed by atoms with E-state index in [-0.39, 0.29) is 6.04 Å². The van der Waals surface area contributed by atoms with Gasteiger partial charge in [0.2, 0.25) is 0 Å². The van der Waals surface area contributed by atoms with Gasteiger partial charge in [0, 0.05) is 9.35 Å². The van der Waals surface area contributed by atoms with Crippen molar-refractivity contribution in [2.45, 2.75) is 46.6 Å². The average Bonchev–Trinajstić information content (AvgIpc) is 2.58. The van der Waals surface area contributed by atoms with E-state index in [4.69, 9.17) is 5.84 Å². The lowest BCUT2D eigenvalue weighted by Crippen LogP contribution is -2.29. The summed E-state index contributed by atoms with van der Waals surface area (Å²) in [6.07, 6.45) is 2.29. The molecule has 1 rings (SSSR count). The fraction of sp³-hybridized carbons (Fsp3) is 0.692. The average molecular weight is 319 g/mol. The molecule has 3 N–H and O–H groups in total. The lowest BCUT2D eigenvalue weighted by atomic mass is 9.83. The first kappa shape index (κ1) is 15.2. The van der Waals surface area contributed by atoms with Crippen molar-refractivity contribution in [1.82, 2.24) is 5.43 Å². The number of nitrogens with two attached hydrogens (primary N) is 1. The van der Waals surface area contributed by atoms with Crippen LogP contribution < -0.4 is 11.3 Å². The van der Waals surface area contributed by atoms with Crippen LogP contribution in [0, 0.1) is 11.3 Å². The van der Waals surface area contributed by atoms with E-state index in [2.05, 4.69) is 60.5 Å². The van der Waals surface area contributed by atoms with Gasteiger partial charge < -0.3 is 0 Å². The fourth-order valence-corrected chi connectivity index (χ4v) is 4.06. The first-order valence-corrected chi connectivity index (χ1v) is 7.70. The predicted molar refractivity (Wildman–Crippen MR) is 79.9 cm³/mol. The lowest BCUT2D eigenvalue weighted by molar-refractivity contribution is 0.277. The molecule has 2 nitrogen and oxygen atoms in total. The molecule has 0 aromatic carbocycles. The topological polar surface area (TPSA) is 38.0 Å². The molecule has 17 heavy (non-hydrogen) atoms. The summed E-state index contributed by atoms with van der Waals surface area (Å²) in [6, 6.07) is 2.33. The molecule has 1 aromatic heterocycles. The molecule has 0 aliphatic heterocycles. The maximum atomic E-state index is 5.68. The lowest BCUT2D eigenvalue weighted by Gasteiger charge is -2.26. The Balaban J connectivity index is 2.62. The van der Waals surface area contributed by atoms with Gasteiger partial charge in [0.25, 0.3) is 0 Å². The Labute approximate surface area is 117 Å². The first-order valence-electron chi connectivity index (χ1n) is 6.02. The molecule has 0 radical (unpaired) electrons. The van der Waals surface area contributed by atoms with E-state index in [9.17, 15) is 0 Å². The van der Waals surface area contributed by atoms with Gasteiger partial charge in [0.05, 0.1) is 6.04 Å². The van der Waals surface area contributed by atoms with Crippen LogP contribution >= 0.6 is 27.3 Å². The minimum atomic E-state index is 0.252. The molecule has 0 aliphatic carbocycles. The quantitative estimate of drug-likeness (QED) is 0.620. The number of hydrogen-bond donors (Lipinski definition) is 2. The predicted octanol–water partition coefficient (Wildman–Crippen LogP) is 4.48. The van der Waals surface area contributed by atoms with Crippen LogP contribution in [0.5, 0.6) is 0 Å². The molecule has 0 spiro atoms. The van der Waals surface area contributed by atoms with Crippen LogP contribution in [0.2, 0.25) is 0 Å². The maximum Gasteiger partial charge on any atom is 0.0567 e. The second-order valence-electron chi connectivity index (χ2n) is 5.96. The zero-order chi connectivity index (χ0) is 13.1. The normalized spacial score (nSPS) is 15.9. The highest BCUT2D eigenvalue weighted by Gasteiger charge is 2.21. The van der Waals surface area contributed by atoms with Gasteiger partial charge in [0.1, 0.15) is 0 Å². The molecule has 0 bridgehead atoms. The van der Waals surface area contributed by atoms with Gasteiger partial charge in [-0.2, -0.15) is 0 Å². The molecule has 0 amide bonds. The molecule has 2 unspecified atom stereocenters.